The number of thiophene rings is 1. The van der Waals surface area contributed by atoms with E-state index >= 15 is 0 Å². The predicted octanol–water partition coefficient (Wildman–Crippen LogP) is 4.22. The van der Waals surface area contributed by atoms with Gasteiger partial charge in [0.05, 0.1) is 13.1 Å². The van der Waals surface area contributed by atoms with Gasteiger partial charge in [0.25, 0.3) is 0 Å². The second-order valence-corrected chi connectivity index (χ2v) is 7.89. The van der Waals surface area contributed by atoms with Crippen LogP contribution < -0.4 is 10.6 Å². The van der Waals surface area contributed by atoms with E-state index in [9.17, 15) is 0 Å². The van der Waals surface area contributed by atoms with Crippen LogP contribution in [0, 0.1) is 0 Å². The summed E-state index contributed by atoms with van der Waals surface area (Å²) >= 11 is 5.20. The highest BCUT2D eigenvalue weighted by molar-refractivity contribution is 14.0. The SMILES string of the molecule is CCc1nncn1CCNC(=NCc1ccc(Br)cc1)NCc1cccs1.I. The van der Waals surface area contributed by atoms with Crippen LogP contribution in [-0.4, -0.2) is 27.3 Å². The zero-order chi connectivity index (χ0) is 18.9. The van der Waals surface area contributed by atoms with Crippen molar-refractivity contribution in [1.82, 2.24) is 25.4 Å². The lowest BCUT2D eigenvalue weighted by Crippen LogP contribution is -2.38. The van der Waals surface area contributed by atoms with Gasteiger partial charge in [-0.25, -0.2) is 4.99 Å². The van der Waals surface area contributed by atoms with Crippen molar-refractivity contribution in [1.29, 1.82) is 0 Å². The molecule has 2 aromatic heterocycles. The molecule has 3 rings (SSSR count). The Kier molecular flexibility index (Phi) is 9.93. The van der Waals surface area contributed by atoms with E-state index < -0.39 is 0 Å². The third kappa shape index (κ3) is 7.17. The van der Waals surface area contributed by atoms with E-state index in [1.165, 1.54) is 10.4 Å². The minimum absolute atomic E-state index is 0. The van der Waals surface area contributed by atoms with Crippen molar-refractivity contribution in [3.05, 3.63) is 68.8 Å². The van der Waals surface area contributed by atoms with Crippen LogP contribution >= 0.6 is 51.2 Å². The van der Waals surface area contributed by atoms with Gasteiger partial charge in [0.2, 0.25) is 0 Å². The van der Waals surface area contributed by atoms with Crippen LogP contribution in [0.25, 0.3) is 0 Å². The molecule has 0 saturated heterocycles. The summed E-state index contributed by atoms with van der Waals surface area (Å²) in [6.45, 7) is 5.02. The highest BCUT2D eigenvalue weighted by Gasteiger charge is 2.04. The number of hydrogen-bond acceptors (Lipinski definition) is 4. The van der Waals surface area contributed by atoms with Crippen LogP contribution in [0.1, 0.15) is 23.2 Å². The van der Waals surface area contributed by atoms with Gasteiger partial charge in [-0.2, -0.15) is 0 Å². The molecule has 0 atom stereocenters. The molecule has 1 aromatic carbocycles. The lowest BCUT2D eigenvalue weighted by atomic mass is 10.2. The monoisotopic (exact) mass is 574 g/mol. The van der Waals surface area contributed by atoms with Gasteiger partial charge in [-0.15, -0.1) is 45.5 Å². The molecule has 0 amide bonds. The van der Waals surface area contributed by atoms with Gasteiger partial charge >= 0.3 is 0 Å². The summed E-state index contributed by atoms with van der Waals surface area (Å²) in [5.41, 5.74) is 1.17. The first-order valence-corrected chi connectivity index (χ1v) is 10.6. The van der Waals surface area contributed by atoms with E-state index in [-0.39, 0.29) is 24.0 Å². The first-order valence-electron chi connectivity index (χ1n) is 8.90. The molecule has 0 bridgehead atoms. The van der Waals surface area contributed by atoms with E-state index in [0.717, 1.165) is 42.3 Å². The van der Waals surface area contributed by atoms with Gasteiger partial charge in [-0.1, -0.05) is 41.1 Å². The van der Waals surface area contributed by atoms with Crippen molar-refractivity contribution in [2.24, 2.45) is 4.99 Å². The maximum Gasteiger partial charge on any atom is 0.191 e. The summed E-state index contributed by atoms with van der Waals surface area (Å²) in [5.74, 6) is 1.80. The number of aryl methyl sites for hydroxylation is 1. The van der Waals surface area contributed by atoms with E-state index in [1.54, 1.807) is 17.7 Å². The van der Waals surface area contributed by atoms with Gasteiger partial charge in [-0.3, -0.25) is 0 Å². The normalized spacial score (nSPS) is 11.1. The minimum Gasteiger partial charge on any atom is -0.355 e. The standard InChI is InChI=1S/C19H23BrN6S.HI/c1-2-18-25-24-14-26(18)10-9-21-19(23-13-17-4-3-11-27-17)22-12-15-5-7-16(20)8-6-15;/h3-8,11,14H,2,9-10,12-13H2,1H3,(H2,21,22,23);1H. The zero-order valence-electron chi connectivity index (χ0n) is 15.6. The second kappa shape index (κ2) is 12.2. The van der Waals surface area contributed by atoms with Crippen molar-refractivity contribution >= 4 is 57.2 Å². The molecule has 0 spiro atoms. The van der Waals surface area contributed by atoms with E-state index in [4.69, 9.17) is 4.99 Å². The summed E-state index contributed by atoms with van der Waals surface area (Å²) < 4.78 is 3.14. The molecule has 0 aliphatic carbocycles. The lowest BCUT2D eigenvalue weighted by molar-refractivity contribution is 0.631. The molecule has 0 radical (unpaired) electrons. The van der Waals surface area contributed by atoms with Gasteiger partial charge in [-0.05, 0) is 29.1 Å². The van der Waals surface area contributed by atoms with Crippen molar-refractivity contribution in [3.63, 3.8) is 0 Å². The van der Waals surface area contributed by atoms with Crippen LogP contribution in [0.3, 0.4) is 0 Å². The third-order valence-corrected chi connectivity index (χ3v) is 5.41. The molecule has 2 N–H and O–H groups in total. The van der Waals surface area contributed by atoms with Crippen LogP contribution in [0.15, 0.2) is 57.6 Å². The van der Waals surface area contributed by atoms with Crippen LogP contribution in [0.4, 0.5) is 0 Å². The number of rotatable bonds is 8. The summed E-state index contributed by atoms with van der Waals surface area (Å²) in [7, 11) is 0. The van der Waals surface area contributed by atoms with Crippen molar-refractivity contribution in [2.45, 2.75) is 33.0 Å². The Balaban J connectivity index is 0.00000280. The van der Waals surface area contributed by atoms with Crippen molar-refractivity contribution in [3.8, 4) is 0 Å². The number of benzene rings is 1. The highest BCUT2D eigenvalue weighted by atomic mass is 127. The summed E-state index contributed by atoms with van der Waals surface area (Å²) in [6, 6.07) is 12.4. The summed E-state index contributed by atoms with van der Waals surface area (Å²) in [6.07, 6.45) is 2.65. The summed E-state index contributed by atoms with van der Waals surface area (Å²) in [4.78, 5) is 6.01. The molecule has 150 valence electrons. The van der Waals surface area contributed by atoms with Gasteiger partial charge < -0.3 is 15.2 Å². The van der Waals surface area contributed by atoms with E-state index in [1.807, 2.05) is 12.1 Å². The van der Waals surface area contributed by atoms with Gasteiger partial charge in [0.15, 0.2) is 5.96 Å². The topological polar surface area (TPSA) is 67.1 Å². The summed E-state index contributed by atoms with van der Waals surface area (Å²) in [5, 5.41) is 17.0. The Morgan fingerprint density at radius 3 is 2.75 bits per heavy atom. The number of hydrogen-bond donors (Lipinski definition) is 2. The van der Waals surface area contributed by atoms with E-state index in [2.05, 4.69) is 77.9 Å². The van der Waals surface area contributed by atoms with Crippen LogP contribution in [0.5, 0.6) is 0 Å². The molecule has 0 aliphatic rings. The molecular weight excluding hydrogens is 551 g/mol. The molecule has 0 aliphatic heterocycles. The number of guanidine groups is 1. The van der Waals surface area contributed by atoms with Crippen LogP contribution in [-0.2, 0) is 26.1 Å². The maximum absolute atomic E-state index is 4.73. The van der Waals surface area contributed by atoms with Crippen molar-refractivity contribution < 1.29 is 0 Å². The Hall–Kier alpha value is -1.46. The molecule has 3 aromatic rings. The van der Waals surface area contributed by atoms with Gasteiger partial charge in [0.1, 0.15) is 12.2 Å². The Labute approximate surface area is 195 Å². The highest BCUT2D eigenvalue weighted by Crippen LogP contribution is 2.11. The second-order valence-electron chi connectivity index (χ2n) is 5.95. The molecule has 9 heteroatoms. The molecule has 28 heavy (non-hydrogen) atoms. The lowest BCUT2D eigenvalue weighted by Gasteiger charge is -2.13. The van der Waals surface area contributed by atoms with E-state index in [0.29, 0.717) is 6.54 Å². The third-order valence-electron chi connectivity index (χ3n) is 4.00. The largest absolute Gasteiger partial charge is 0.355 e. The van der Waals surface area contributed by atoms with Gasteiger partial charge in [0, 0.05) is 28.9 Å². The number of halogens is 2. The quantitative estimate of drug-likeness (QED) is 0.240. The number of nitrogens with zero attached hydrogens (tertiary/aromatic N) is 4. The fourth-order valence-corrected chi connectivity index (χ4v) is 3.46. The molecular formula is C19H24BrIN6S. The smallest absolute Gasteiger partial charge is 0.191 e. The molecule has 0 saturated carbocycles. The predicted molar refractivity (Wildman–Crippen MR) is 129 cm³/mol. The number of nitrogens with one attached hydrogen (secondary N) is 2. The fraction of sp³-hybridized carbons (Fsp3) is 0.316. The Bertz CT molecular complexity index is 848. The van der Waals surface area contributed by atoms with Crippen molar-refractivity contribution in [2.75, 3.05) is 6.54 Å². The number of aliphatic imine (C=N–C) groups is 1. The Morgan fingerprint density at radius 1 is 1.21 bits per heavy atom. The first-order chi connectivity index (χ1) is 13.2. The molecule has 6 nitrogen and oxygen atoms in total. The Morgan fingerprint density at radius 2 is 2.04 bits per heavy atom. The maximum atomic E-state index is 4.73. The number of aromatic nitrogens is 3. The fourth-order valence-electron chi connectivity index (χ4n) is 2.55. The molecule has 0 unspecified atom stereocenters. The van der Waals surface area contributed by atoms with Crippen LogP contribution in [0.2, 0.25) is 0 Å². The molecule has 2 heterocycles. The average Bonchev–Trinajstić information content (AvgIpc) is 3.36. The minimum atomic E-state index is 0. The molecule has 0 fully saturated rings. The zero-order valence-corrected chi connectivity index (χ0v) is 20.4. The first kappa shape index (κ1) is 22.8. The average molecular weight is 575 g/mol.